The van der Waals surface area contributed by atoms with Crippen molar-refractivity contribution < 1.29 is 4.79 Å². The van der Waals surface area contributed by atoms with Gasteiger partial charge in [0.05, 0.1) is 12.2 Å². The van der Waals surface area contributed by atoms with Crippen LogP contribution in [0.4, 0.5) is 5.82 Å². The quantitative estimate of drug-likeness (QED) is 0.860. The van der Waals surface area contributed by atoms with Gasteiger partial charge >= 0.3 is 0 Å². The molecule has 126 valence electrons. The second-order valence-electron chi connectivity index (χ2n) is 7.00. The Balaban J connectivity index is 1.86. The lowest BCUT2D eigenvalue weighted by Gasteiger charge is -2.36. The highest BCUT2D eigenvalue weighted by atomic mass is 16.2. The van der Waals surface area contributed by atoms with Gasteiger partial charge in [0.2, 0.25) is 5.91 Å². The van der Waals surface area contributed by atoms with E-state index < -0.39 is 0 Å². The Morgan fingerprint density at radius 3 is 2.65 bits per heavy atom. The predicted octanol–water partition coefficient (Wildman–Crippen LogP) is 2.71. The second kappa shape index (κ2) is 6.85. The molecule has 1 aromatic rings. The SMILES string of the molecule is CCCC(=O)N1CCc2nc(C)nc(N3CCC(C)CC3)c2C1. The molecule has 0 atom stereocenters. The molecule has 0 radical (unpaired) electrons. The molecule has 0 unspecified atom stereocenters. The summed E-state index contributed by atoms with van der Waals surface area (Å²) in [5.74, 6) is 2.99. The van der Waals surface area contributed by atoms with Gasteiger partial charge in [-0.2, -0.15) is 0 Å². The Morgan fingerprint density at radius 2 is 1.96 bits per heavy atom. The third-order valence-electron chi connectivity index (χ3n) is 5.05. The van der Waals surface area contributed by atoms with Crippen molar-refractivity contribution in [2.45, 2.75) is 59.4 Å². The summed E-state index contributed by atoms with van der Waals surface area (Å²) in [6.45, 7) is 9.95. The van der Waals surface area contributed by atoms with E-state index in [0.717, 1.165) is 55.7 Å². The monoisotopic (exact) mass is 316 g/mol. The van der Waals surface area contributed by atoms with Crippen LogP contribution in [0.2, 0.25) is 0 Å². The number of fused-ring (bicyclic) bond motifs is 1. The lowest BCUT2D eigenvalue weighted by molar-refractivity contribution is -0.132. The van der Waals surface area contributed by atoms with E-state index in [1.807, 2.05) is 11.8 Å². The van der Waals surface area contributed by atoms with Crippen molar-refractivity contribution in [3.05, 3.63) is 17.1 Å². The molecule has 0 N–H and O–H groups in total. The van der Waals surface area contributed by atoms with Crippen molar-refractivity contribution in [2.75, 3.05) is 24.5 Å². The molecule has 3 rings (SSSR count). The summed E-state index contributed by atoms with van der Waals surface area (Å²) >= 11 is 0. The summed E-state index contributed by atoms with van der Waals surface area (Å²) < 4.78 is 0. The van der Waals surface area contributed by atoms with Crippen LogP contribution in [0, 0.1) is 12.8 Å². The average molecular weight is 316 g/mol. The number of piperidine rings is 1. The molecule has 1 amide bonds. The van der Waals surface area contributed by atoms with Gasteiger partial charge in [0.15, 0.2) is 0 Å². The number of hydrogen-bond donors (Lipinski definition) is 0. The highest BCUT2D eigenvalue weighted by Crippen LogP contribution is 2.30. The number of aromatic nitrogens is 2. The van der Waals surface area contributed by atoms with E-state index in [1.165, 1.54) is 18.4 Å². The van der Waals surface area contributed by atoms with Crippen LogP contribution in [-0.2, 0) is 17.8 Å². The van der Waals surface area contributed by atoms with Gasteiger partial charge in [0.1, 0.15) is 11.6 Å². The van der Waals surface area contributed by atoms with Gasteiger partial charge < -0.3 is 9.80 Å². The number of carbonyl (C=O) groups excluding carboxylic acids is 1. The zero-order valence-corrected chi connectivity index (χ0v) is 14.6. The van der Waals surface area contributed by atoms with Gasteiger partial charge in [-0.25, -0.2) is 9.97 Å². The molecule has 3 heterocycles. The maximum Gasteiger partial charge on any atom is 0.222 e. The third-order valence-corrected chi connectivity index (χ3v) is 5.05. The molecule has 0 bridgehead atoms. The molecule has 1 aromatic heterocycles. The van der Waals surface area contributed by atoms with E-state index >= 15 is 0 Å². The van der Waals surface area contributed by atoms with Crippen LogP contribution in [0.25, 0.3) is 0 Å². The Hall–Kier alpha value is -1.65. The first kappa shape index (κ1) is 16.2. The van der Waals surface area contributed by atoms with Crippen LogP contribution in [0.15, 0.2) is 0 Å². The van der Waals surface area contributed by atoms with Gasteiger partial charge in [-0.3, -0.25) is 4.79 Å². The van der Waals surface area contributed by atoms with Gasteiger partial charge in [-0.1, -0.05) is 13.8 Å². The summed E-state index contributed by atoms with van der Waals surface area (Å²) in [4.78, 5) is 26.1. The fraction of sp³-hybridized carbons (Fsp3) is 0.722. The Kier molecular flexibility index (Phi) is 4.83. The number of hydrogen-bond acceptors (Lipinski definition) is 4. The maximum atomic E-state index is 12.3. The molecular formula is C18H28N4O. The zero-order valence-electron chi connectivity index (χ0n) is 14.6. The normalized spacial score (nSPS) is 18.9. The minimum Gasteiger partial charge on any atom is -0.356 e. The van der Waals surface area contributed by atoms with E-state index in [-0.39, 0.29) is 5.91 Å². The topological polar surface area (TPSA) is 49.3 Å². The van der Waals surface area contributed by atoms with E-state index in [4.69, 9.17) is 4.98 Å². The van der Waals surface area contributed by atoms with Crippen molar-refractivity contribution in [2.24, 2.45) is 5.92 Å². The molecule has 2 aliphatic rings. The van der Waals surface area contributed by atoms with Crippen LogP contribution in [0.3, 0.4) is 0 Å². The predicted molar refractivity (Wildman–Crippen MR) is 91.4 cm³/mol. The first-order valence-electron chi connectivity index (χ1n) is 8.97. The molecule has 5 heteroatoms. The number of amides is 1. The lowest BCUT2D eigenvalue weighted by Crippen LogP contribution is -2.39. The third kappa shape index (κ3) is 3.48. The molecule has 2 aliphatic heterocycles. The molecule has 0 aromatic carbocycles. The number of rotatable bonds is 3. The highest BCUT2D eigenvalue weighted by molar-refractivity contribution is 5.76. The van der Waals surface area contributed by atoms with Crippen LogP contribution < -0.4 is 4.90 Å². The van der Waals surface area contributed by atoms with Crippen LogP contribution in [0.1, 0.15) is 56.6 Å². The van der Waals surface area contributed by atoms with E-state index in [1.54, 1.807) is 0 Å². The highest BCUT2D eigenvalue weighted by Gasteiger charge is 2.28. The van der Waals surface area contributed by atoms with Crippen molar-refractivity contribution in [3.8, 4) is 0 Å². The number of carbonyl (C=O) groups is 1. The summed E-state index contributed by atoms with van der Waals surface area (Å²) in [5, 5.41) is 0. The van der Waals surface area contributed by atoms with Crippen LogP contribution >= 0.6 is 0 Å². The first-order valence-corrected chi connectivity index (χ1v) is 8.97. The Labute approximate surface area is 139 Å². The number of anilines is 1. The van der Waals surface area contributed by atoms with Crippen molar-refractivity contribution in [3.63, 3.8) is 0 Å². The maximum absolute atomic E-state index is 12.3. The molecule has 1 fully saturated rings. The van der Waals surface area contributed by atoms with E-state index in [9.17, 15) is 4.79 Å². The van der Waals surface area contributed by atoms with Crippen molar-refractivity contribution in [1.29, 1.82) is 0 Å². The van der Waals surface area contributed by atoms with Crippen LogP contribution in [0.5, 0.6) is 0 Å². The minimum atomic E-state index is 0.261. The average Bonchev–Trinajstić information content (AvgIpc) is 2.54. The lowest BCUT2D eigenvalue weighted by atomic mass is 9.98. The fourth-order valence-electron chi connectivity index (χ4n) is 3.58. The van der Waals surface area contributed by atoms with Gasteiger partial charge in [0, 0.05) is 38.0 Å². The molecule has 0 aliphatic carbocycles. The summed E-state index contributed by atoms with van der Waals surface area (Å²) in [5.41, 5.74) is 2.33. The van der Waals surface area contributed by atoms with Crippen molar-refractivity contribution in [1.82, 2.24) is 14.9 Å². The Bertz CT molecular complexity index is 579. The molecule has 5 nitrogen and oxygen atoms in total. The minimum absolute atomic E-state index is 0.261. The summed E-state index contributed by atoms with van der Waals surface area (Å²) in [6.07, 6.45) is 4.83. The van der Waals surface area contributed by atoms with Gasteiger partial charge in [-0.15, -0.1) is 0 Å². The molecule has 0 saturated carbocycles. The molecular weight excluding hydrogens is 288 g/mol. The summed E-state index contributed by atoms with van der Waals surface area (Å²) in [7, 11) is 0. The first-order chi connectivity index (χ1) is 11.1. The smallest absolute Gasteiger partial charge is 0.222 e. The van der Waals surface area contributed by atoms with Crippen LogP contribution in [-0.4, -0.2) is 40.4 Å². The zero-order chi connectivity index (χ0) is 16.4. The van der Waals surface area contributed by atoms with Crippen molar-refractivity contribution >= 4 is 11.7 Å². The fourth-order valence-corrected chi connectivity index (χ4v) is 3.58. The standard InChI is InChI=1S/C18H28N4O/c1-4-5-17(23)22-11-8-16-15(12-22)18(20-14(3)19-16)21-9-6-13(2)7-10-21/h13H,4-12H2,1-3H3. The van der Waals surface area contributed by atoms with E-state index in [2.05, 4.69) is 23.7 Å². The summed E-state index contributed by atoms with van der Waals surface area (Å²) in [6, 6.07) is 0. The largest absolute Gasteiger partial charge is 0.356 e. The molecule has 0 spiro atoms. The second-order valence-corrected chi connectivity index (χ2v) is 7.00. The molecule has 23 heavy (non-hydrogen) atoms. The van der Waals surface area contributed by atoms with E-state index in [0.29, 0.717) is 13.0 Å². The number of aryl methyl sites for hydroxylation is 1. The van der Waals surface area contributed by atoms with Gasteiger partial charge in [-0.05, 0) is 32.1 Å². The molecule has 1 saturated heterocycles. The van der Waals surface area contributed by atoms with Gasteiger partial charge in [0.25, 0.3) is 0 Å². The Morgan fingerprint density at radius 1 is 1.22 bits per heavy atom. The number of nitrogens with zero attached hydrogens (tertiary/aromatic N) is 4.